The molecule has 1 aromatic heterocycles. The molecule has 2 atom stereocenters. The molecule has 0 spiro atoms. The fraction of sp³-hybridized carbons (Fsp3) is 0.333. The van der Waals surface area contributed by atoms with Gasteiger partial charge in [0.2, 0.25) is 0 Å². The van der Waals surface area contributed by atoms with Crippen LogP contribution in [0.15, 0.2) is 30.4 Å². The van der Waals surface area contributed by atoms with Gasteiger partial charge in [0, 0.05) is 18.6 Å². The van der Waals surface area contributed by atoms with Gasteiger partial charge in [-0.2, -0.15) is 0 Å². The molecule has 1 aliphatic rings. The summed E-state index contributed by atoms with van der Waals surface area (Å²) in [5.74, 6) is -0.117. The minimum atomic E-state index is -0.249. The Balaban J connectivity index is 1.96. The molecule has 0 saturated carbocycles. The second-order valence-electron chi connectivity index (χ2n) is 3.99. The van der Waals surface area contributed by atoms with Gasteiger partial charge in [-0.1, -0.05) is 29.8 Å². The van der Waals surface area contributed by atoms with E-state index in [1.165, 1.54) is 0 Å². The van der Waals surface area contributed by atoms with Gasteiger partial charge < -0.3 is 10.4 Å². The fourth-order valence-electron chi connectivity index (χ4n) is 1.79. The molecule has 5 heteroatoms. The summed E-state index contributed by atoms with van der Waals surface area (Å²) in [6.45, 7) is 0.109. The first kappa shape index (κ1) is 12.1. The summed E-state index contributed by atoms with van der Waals surface area (Å²) in [5, 5.41) is 12.1. The van der Waals surface area contributed by atoms with Crippen LogP contribution in [-0.4, -0.2) is 28.6 Å². The number of hydrogen-bond acceptors (Lipinski definition) is 3. The van der Waals surface area contributed by atoms with E-state index in [4.69, 9.17) is 16.7 Å². The van der Waals surface area contributed by atoms with Crippen molar-refractivity contribution < 1.29 is 9.90 Å². The Morgan fingerprint density at radius 3 is 3.00 bits per heavy atom. The minimum absolute atomic E-state index is 0.0413. The predicted octanol–water partition coefficient (Wildman–Crippen LogP) is 1.40. The first-order valence-electron chi connectivity index (χ1n) is 5.41. The molecule has 2 rings (SSSR count). The monoisotopic (exact) mass is 252 g/mol. The second-order valence-corrected chi connectivity index (χ2v) is 4.38. The summed E-state index contributed by atoms with van der Waals surface area (Å²) < 4.78 is 0. The van der Waals surface area contributed by atoms with Crippen LogP contribution in [0.1, 0.15) is 16.9 Å². The van der Waals surface area contributed by atoms with Crippen molar-refractivity contribution in [3.63, 3.8) is 0 Å². The summed E-state index contributed by atoms with van der Waals surface area (Å²) in [5.41, 5.74) is 0.304. The molecule has 1 aliphatic carbocycles. The lowest BCUT2D eigenvalue weighted by atomic mass is 10.1. The average Bonchev–Trinajstić information content (AvgIpc) is 2.77. The number of hydrogen-bond donors (Lipinski definition) is 2. The lowest BCUT2D eigenvalue weighted by Gasteiger charge is -2.12. The molecule has 0 radical (unpaired) electrons. The van der Waals surface area contributed by atoms with E-state index >= 15 is 0 Å². The van der Waals surface area contributed by atoms with Crippen molar-refractivity contribution in [1.29, 1.82) is 0 Å². The normalized spacial score (nSPS) is 22.7. The number of aromatic nitrogens is 1. The van der Waals surface area contributed by atoms with Crippen molar-refractivity contribution in [3.05, 3.63) is 41.2 Å². The predicted molar refractivity (Wildman–Crippen MR) is 64.8 cm³/mol. The number of aliphatic hydroxyl groups excluding tert-OH is 1. The summed E-state index contributed by atoms with van der Waals surface area (Å²) in [6, 6.07) is 4.88. The fourth-order valence-corrected chi connectivity index (χ4v) is 1.96. The number of pyridine rings is 1. The SMILES string of the molecule is O=C(N[C@@H]1C=C[C@H](CO)C1)c1cccc(Cl)n1. The largest absolute Gasteiger partial charge is 0.396 e. The van der Waals surface area contributed by atoms with Gasteiger partial charge in [0.05, 0.1) is 0 Å². The van der Waals surface area contributed by atoms with Crippen molar-refractivity contribution in [2.45, 2.75) is 12.5 Å². The molecule has 90 valence electrons. The molecule has 17 heavy (non-hydrogen) atoms. The van der Waals surface area contributed by atoms with Gasteiger partial charge in [-0.3, -0.25) is 4.79 Å². The zero-order valence-electron chi connectivity index (χ0n) is 9.14. The van der Waals surface area contributed by atoms with Gasteiger partial charge in [0.15, 0.2) is 0 Å². The number of amides is 1. The molecule has 0 saturated heterocycles. The van der Waals surface area contributed by atoms with E-state index in [9.17, 15) is 4.79 Å². The zero-order chi connectivity index (χ0) is 12.3. The third-order valence-electron chi connectivity index (χ3n) is 2.67. The number of carbonyl (C=O) groups is 1. The van der Waals surface area contributed by atoms with Gasteiger partial charge in [-0.15, -0.1) is 0 Å². The number of nitrogens with zero attached hydrogens (tertiary/aromatic N) is 1. The Labute approximate surface area is 104 Å². The third kappa shape index (κ3) is 3.05. The van der Waals surface area contributed by atoms with Crippen molar-refractivity contribution in [2.24, 2.45) is 5.92 Å². The van der Waals surface area contributed by atoms with Gasteiger partial charge in [-0.05, 0) is 18.6 Å². The van der Waals surface area contributed by atoms with E-state index in [1.54, 1.807) is 18.2 Å². The molecule has 0 aliphatic heterocycles. The summed E-state index contributed by atoms with van der Waals surface area (Å²) in [6.07, 6.45) is 4.53. The Morgan fingerprint density at radius 2 is 2.35 bits per heavy atom. The maximum absolute atomic E-state index is 11.8. The van der Waals surface area contributed by atoms with Crippen LogP contribution in [0.2, 0.25) is 5.15 Å². The Morgan fingerprint density at radius 1 is 1.53 bits per heavy atom. The van der Waals surface area contributed by atoms with Gasteiger partial charge in [0.1, 0.15) is 10.8 Å². The molecule has 0 aromatic carbocycles. The van der Waals surface area contributed by atoms with Crippen LogP contribution in [-0.2, 0) is 0 Å². The summed E-state index contributed by atoms with van der Waals surface area (Å²) in [7, 11) is 0. The lowest BCUT2D eigenvalue weighted by molar-refractivity contribution is 0.0936. The molecule has 4 nitrogen and oxygen atoms in total. The standard InChI is InChI=1S/C12H13ClN2O2/c13-11-3-1-2-10(15-11)12(17)14-9-5-4-8(6-9)7-16/h1-5,8-9,16H,6-7H2,(H,14,17)/t8-,9+/m0/s1. The summed E-state index contributed by atoms with van der Waals surface area (Å²) in [4.78, 5) is 15.8. The molecule has 2 N–H and O–H groups in total. The highest BCUT2D eigenvalue weighted by Gasteiger charge is 2.20. The molecule has 0 bridgehead atoms. The van der Waals surface area contributed by atoms with E-state index in [-0.39, 0.29) is 24.5 Å². The number of nitrogens with one attached hydrogen (secondary N) is 1. The molecule has 1 heterocycles. The number of halogens is 1. The maximum Gasteiger partial charge on any atom is 0.270 e. The Kier molecular flexibility index (Phi) is 3.76. The van der Waals surface area contributed by atoms with E-state index in [0.717, 1.165) is 6.42 Å². The lowest BCUT2D eigenvalue weighted by Crippen LogP contribution is -2.33. The first-order valence-corrected chi connectivity index (χ1v) is 5.79. The topological polar surface area (TPSA) is 62.2 Å². The number of aliphatic hydroxyl groups is 1. The van der Waals surface area contributed by atoms with Crippen LogP contribution in [0, 0.1) is 5.92 Å². The van der Waals surface area contributed by atoms with E-state index in [1.807, 2.05) is 12.2 Å². The van der Waals surface area contributed by atoms with Crippen molar-refractivity contribution >= 4 is 17.5 Å². The highest BCUT2D eigenvalue weighted by molar-refractivity contribution is 6.29. The number of carbonyl (C=O) groups excluding carboxylic acids is 1. The molecule has 1 aromatic rings. The minimum Gasteiger partial charge on any atom is -0.396 e. The Hall–Kier alpha value is -1.39. The van der Waals surface area contributed by atoms with Gasteiger partial charge >= 0.3 is 0 Å². The van der Waals surface area contributed by atoms with Crippen LogP contribution < -0.4 is 5.32 Å². The number of rotatable bonds is 3. The molecular weight excluding hydrogens is 240 g/mol. The highest BCUT2D eigenvalue weighted by atomic mass is 35.5. The van der Waals surface area contributed by atoms with Crippen LogP contribution in [0.5, 0.6) is 0 Å². The molecule has 1 amide bonds. The molecule has 0 fully saturated rings. The van der Waals surface area contributed by atoms with Crippen molar-refractivity contribution in [3.8, 4) is 0 Å². The van der Waals surface area contributed by atoms with Gasteiger partial charge in [-0.25, -0.2) is 4.98 Å². The van der Waals surface area contributed by atoms with E-state index < -0.39 is 0 Å². The Bertz CT molecular complexity index is 448. The van der Waals surface area contributed by atoms with E-state index in [2.05, 4.69) is 10.3 Å². The molecule has 0 unspecified atom stereocenters. The van der Waals surface area contributed by atoms with E-state index in [0.29, 0.717) is 10.8 Å². The van der Waals surface area contributed by atoms with Crippen LogP contribution in [0.3, 0.4) is 0 Å². The highest BCUT2D eigenvalue weighted by Crippen LogP contribution is 2.17. The van der Waals surface area contributed by atoms with Crippen LogP contribution in [0.25, 0.3) is 0 Å². The van der Waals surface area contributed by atoms with Crippen molar-refractivity contribution in [1.82, 2.24) is 10.3 Å². The second kappa shape index (κ2) is 5.29. The van der Waals surface area contributed by atoms with Crippen LogP contribution in [0.4, 0.5) is 0 Å². The third-order valence-corrected chi connectivity index (χ3v) is 2.88. The smallest absolute Gasteiger partial charge is 0.270 e. The van der Waals surface area contributed by atoms with Gasteiger partial charge in [0.25, 0.3) is 5.91 Å². The zero-order valence-corrected chi connectivity index (χ0v) is 9.89. The maximum atomic E-state index is 11.8. The average molecular weight is 253 g/mol. The first-order chi connectivity index (χ1) is 8.19. The molecular formula is C12H13ClN2O2. The van der Waals surface area contributed by atoms with Crippen LogP contribution >= 0.6 is 11.6 Å². The quantitative estimate of drug-likeness (QED) is 0.632. The van der Waals surface area contributed by atoms with Crippen molar-refractivity contribution in [2.75, 3.05) is 6.61 Å². The summed E-state index contributed by atoms with van der Waals surface area (Å²) >= 11 is 5.71.